The van der Waals surface area contributed by atoms with Crippen LogP contribution in [0.3, 0.4) is 0 Å². The number of anilines is 1. The molecule has 0 spiro atoms. The molecule has 2 N–H and O–H groups in total. The van der Waals surface area contributed by atoms with Gasteiger partial charge >= 0.3 is 12.1 Å². The number of hydrogen-bond donors (Lipinski definition) is 2. The standard InChI is InChI=1S/C22H22N2O.C2HF3O2/c1-2-6-22(25)18-9-11-20(12-10-18)24-15-19-13-14-23-16-21(19)17-7-4-3-5-8-17;3-2(4,5)1(6)7/h3-5,7-14,16,24H,2,6,15H2,1H3;(H,6,7). The number of carbonyl (C=O) groups is 2. The van der Waals surface area contributed by atoms with Crippen molar-refractivity contribution in [1.29, 1.82) is 0 Å². The number of carboxylic acid groups (broad SMARTS) is 1. The summed E-state index contributed by atoms with van der Waals surface area (Å²) in [6, 6.07) is 20.0. The summed E-state index contributed by atoms with van der Waals surface area (Å²) in [5.74, 6) is -2.55. The van der Waals surface area contributed by atoms with Crippen LogP contribution in [0.2, 0.25) is 0 Å². The van der Waals surface area contributed by atoms with E-state index in [0.29, 0.717) is 13.0 Å². The number of pyridine rings is 1. The first-order chi connectivity index (χ1) is 15.2. The summed E-state index contributed by atoms with van der Waals surface area (Å²) in [4.78, 5) is 25.1. The normalized spacial score (nSPS) is 10.6. The lowest BCUT2D eigenvalue weighted by Crippen LogP contribution is -2.21. The van der Waals surface area contributed by atoms with Gasteiger partial charge in [-0.3, -0.25) is 9.78 Å². The first kappa shape index (κ1) is 24.6. The van der Waals surface area contributed by atoms with E-state index < -0.39 is 12.1 Å². The summed E-state index contributed by atoms with van der Waals surface area (Å²) in [6.45, 7) is 2.72. The monoisotopic (exact) mass is 444 g/mol. The van der Waals surface area contributed by atoms with Crippen LogP contribution in [0.1, 0.15) is 35.7 Å². The van der Waals surface area contributed by atoms with Crippen LogP contribution in [0.5, 0.6) is 0 Å². The number of ketones is 1. The summed E-state index contributed by atoms with van der Waals surface area (Å²) in [5, 5.41) is 10.6. The highest BCUT2D eigenvalue weighted by atomic mass is 19.4. The predicted molar refractivity (Wildman–Crippen MR) is 116 cm³/mol. The molecular weight excluding hydrogens is 421 g/mol. The van der Waals surface area contributed by atoms with Gasteiger partial charge in [0.1, 0.15) is 0 Å². The second kappa shape index (κ2) is 11.6. The number of carbonyl (C=O) groups excluding carboxylic acids is 1. The number of aromatic nitrogens is 1. The number of halogens is 3. The zero-order chi connectivity index (χ0) is 23.6. The number of Topliss-reactive ketones (excluding diaryl/α,β-unsaturated/α-hetero) is 1. The molecule has 3 aromatic rings. The van der Waals surface area contributed by atoms with Crippen molar-refractivity contribution < 1.29 is 27.9 Å². The molecule has 0 saturated carbocycles. The minimum Gasteiger partial charge on any atom is -0.475 e. The van der Waals surface area contributed by atoms with Crippen molar-refractivity contribution in [2.45, 2.75) is 32.5 Å². The van der Waals surface area contributed by atoms with E-state index in [1.807, 2.05) is 67.8 Å². The Bertz CT molecular complexity index is 1020. The molecule has 5 nitrogen and oxygen atoms in total. The average molecular weight is 444 g/mol. The van der Waals surface area contributed by atoms with Crippen molar-refractivity contribution in [2.75, 3.05) is 5.32 Å². The van der Waals surface area contributed by atoms with Crippen molar-refractivity contribution in [3.05, 3.63) is 84.2 Å². The number of hydrogen-bond acceptors (Lipinski definition) is 4. The second-order valence-electron chi connectivity index (χ2n) is 6.81. The van der Waals surface area contributed by atoms with Crippen LogP contribution in [-0.2, 0) is 11.3 Å². The van der Waals surface area contributed by atoms with Gasteiger partial charge in [-0.15, -0.1) is 0 Å². The molecule has 0 fully saturated rings. The number of nitrogens with one attached hydrogen (secondary N) is 1. The smallest absolute Gasteiger partial charge is 0.475 e. The first-order valence-corrected chi connectivity index (χ1v) is 9.88. The molecule has 0 aliphatic carbocycles. The van der Waals surface area contributed by atoms with Crippen molar-refractivity contribution in [1.82, 2.24) is 4.98 Å². The maximum Gasteiger partial charge on any atom is 0.490 e. The SMILES string of the molecule is CCCC(=O)c1ccc(NCc2ccncc2-c2ccccc2)cc1.O=C(O)C(F)(F)F. The minimum absolute atomic E-state index is 0.203. The summed E-state index contributed by atoms with van der Waals surface area (Å²) in [6.07, 6.45) is 0.113. The highest BCUT2D eigenvalue weighted by molar-refractivity contribution is 5.96. The molecule has 3 rings (SSSR count). The van der Waals surface area contributed by atoms with Gasteiger partial charge in [-0.1, -0.05) is 37.3 Å². The van der Waals surface area contributed by atoms with Crippen molar-refractivity contribution in [3.63, 3.8) is 0 Å². The van der Waals surface area contributed by atoms with Gasteiger partial charge < -0.3 is 10.4 Å². The molecule has 32 heavy (non-hydrogen) atoms. The van der Waals surface area contributed by atoms with Crippen LogP contribution in [0.15, 0.2) is 73.1 Å². The molecule has 0 amide bonds. The Balaban J connectivity index is 0.000000451. The van der Waals surface area contributed by atoms with Crippen molar-refractivity contribution in [3.8, 4) is 11.1 Å². The number of carboxylic acids is 1. The Morgan fingerprint density at radius 2 is 1.62 bits per heavy atom. The van der Waals surface area contributed by atoms with E-state index in [1.165, 1.54) is 5.56 Å². The van der Waals surface area contributed by atoms with E-state index in [2.05, 4.69) is 22.4 Å². The maximum absolute atomic E-state index is 11.9. The average Bonchev–Trinajstić information content (AvgIpc) is 2.79. The van der Waals surface area contributed by atoms with Gasteiger partial charge in [0, 0.05) is 42.2 Å². The molecule has 168 valence electrons. The Morgan fingerprint density at radius 1 is 1.00 bits per heavy atom. The van der Waals surface area contributed by atoms with E-state index in [1.54, 1.807) is 0 Å². The molecule has 0 aliphatic rings. The number of nitrogens with zero attached hydrogens (tertiary/aromatic N) is 1. The zero-order valence-corrected chi connectivity index (χ0v) is 17.4. The van der Waals surface area contributed by atoms with Gasteiger partial charge in [-0.25, -0.2) is 4.79 Å². The third-order valence-corrected chi connectivity index (χ3v) is 4.41. The number of rotatable bonds is 7. The maximum atomic E-state index is 11.9. The number of benzene rings is 2. The van der Waals surface area contributed by atoms with E-state index in [-0.39, 0.29) is 5.78 Å². The van der Waals surface area contributed by atoms with Gasteiger partial charge in [0.2, 0.25) is 0 Å². The molecule has 0 unspecified atom stereocenters. The summed E-state index contributed by atoms with van der Waals surface area (Å²) in [5.41, 5.74) is 5.26. The highest BCUT2D eigenvalue weighted by Gasteiger charge is 2.38. The Morgan fingerprint density at radius 3 is 2.19 bits per heavy atom. The topological polar surface area (TPSA) is 79.3 Å². The highest BCUT2D eigenvalue weighted by Crippen LogP contribution is 2.23. The molecule has 1 heterocycles. The van der Waals surface area contributed by atoms with Crippen LogP contribution < -0.4 is 5.32 Å². The van der Waals surface area contributed by atoms with E-state index in [9.17, 15) is 18.0 Å². The quantitative estimate of drug-likeness (QED) is 0.439. The van der Waals surface area contributed by atoms with Crippen molar-refractivity contribution in [2.24, 2.45) is 0 Å². The number of alkyl halides is 3. The van der Waals surface area contributed by atoms with Crippen LogP contribution in [0, 0.1) is 0 Å². The fourth-order valence-electron chi connectivity index (χ4n) is 2.80. The Hall–Kier alpha value is -3.68. The van der Waals surface area contributed by atoms with Gasteiger partial charge in [0.15, 0.2) is 5.78 Å². The third-order valence-electron chi connectivity index (χ3n) is 4.41. The summed E-state index contributed by atoms with van der Waals surface area (Å²) >= 11 is 0. The van der Waals surface area contributed by atoms with Crippen molar-refractivity contribution >= 4 is 17.4 Å². The van der Waals surface area contributed by atoms with Gasteiger partial charge in [0.05, 0.1) is 0 Å². The zero-order valence-electron chi connectivity index (χ0n) is 17.4. The fourth-order valence-corrected chi connectivity index (χ4v) is 2.80. The third kappa shape index (κ3) is 7.54. The molecule has 0 saturated heterocycles. The van der Waals surface area contributed by atoms with Crippen LogP contribution in [-0.4, -0.2) is 28.0 Å². The van der Waals surface area contributed by atoms with Gasteiger partial charge in [0.25, 0.3) is 0 Å². The van der Waals surface area contributed by atoms with Crippen LogP contribution in [0.4, 0.5) is 18.9 Å². The fraction of sp³-hybridized carbons (Fsp3) is 0.208. The molecule has 1 aromatic heterocycles. The van der Waals surface area contributed by atoms with Crippen LogP contribution in [0.25, 0.3) is 11.1 Å². The lowest BCUT2D eigenvalue weighted by atomic mass is 10.0. The predicted octanol–water partition coefficient (Wildman–Crippen LogP) is 5.98. The Kier molecular flexibility index (Phi) is 8.95. The number of aliphatic carboxylic acids is 1. The van der Waals surface area contributed by atoms with E-state index in [4.69, 9.17) is 9.90 Å². The largest absolute Gasteiger partial charge is 0.490 e. The second-order valence-corrected chi connectivity index (χ2v) is 6.81. The molecule has 0 atom stereocenters. The summed E-state index contributed by atoms with van der Waals surface area (Å²) < 4.78 is 31.7. The van der Waals surface area contributed by atoms with Crippen LogP contribution >= 0.6 is 0 Å². The lowest BCUT2D eigenvalue weighted by Gasteiger charge is -2.11. The lowest BCUT2D eigenvalue weighted by molar-refractivity contribution is -0.192. The molecule has 8 heteroatoms. The van der Waals surface area contributed by atoms with Gasteiger partial charge in [-0.05, 0) is 47.9 Å². The Labute approximate surface area is 183 Å². The molecular formula is C24H23F3N2O3. The minimum atomic E-state index is -5.08. The van der Waals surface area contributed by atoms with E-state index in [0.717, 1.165) is 28.8 Å². The van der Waals surface area contributed by atoms with Gasteiger partial charge in [-0.2, -0.15) is 13.2 Å². The molecule has 2 aromatic carbocycles. The first-order valence-electron chi connectivity index (χ1n) is 9.88. The molecule has 0 radical (unpaired) electrons. The molecule has 0 bridgehead atoms. The van der Waals surface area contributed by atoms with E-state index >= 15 is 0 Å². The summed E-state index contributed by atoms with van der Waals surface area (Å²) in [7, 11) is 0. The molecule has 0 aliphatic heterocycles.